The van der Waals surface area contributed by atoms with E-state index in [-0.39, 0.29) is 0 Å². The van der Waals surface area contributed by atoms with Crippen LogP contribution in [0, 0.1) is 0 Å². The summed E-state index contributed by atoms with van der Waals surface area (Å²) in [7, 11) is 7.85. The summed E-state index contributed by atoms with van der Waals surface area (Å²) in [6, 6.07) is 14.4. The third-order valence-corrected chi connectivity index (χ3v) is 6.16. The number of methoxy groups -OCH3 is 1. The zero-order valence-electron chi connectivity index (χ0n) is 21.5. The molecule has 1 aliphatic carbocycles. The van der Waals surface area contributed by atoms with E-state index in [9.17, 15) is 0 Å². The van der Waals surface area contributed by atoms with Crippen molar-refractivity contribution < 1.29 is 4.74 Å². The minimum absolute atomic E-state index is 0.498. The molecule has 1 aromatic heterocycles. The lowest BCUT2D eigenvalue weighted by molar-refractivity contribution is 0.413. The maximum Gasteiger partial charge on any atom is 0.227 e. The monoisotopic (exact) mass is 482 g/mol. The van der Waals surface area contributed by atoms with Crippen molar-refractivity contribution in [2.75, 3.05) is 56.9 Å². The lowest BCUT2D eigenvalue weighted by atomic mass is 10.0. The van der Waals surface area contributed by atoms with Gasteiger partial charge in [0.25, 0.3) is 0 Å². The Kier molecular flexibility index (Phi) is 7.71. The van der Waals surface area contributed by atoms with Crippen molar-refractivity contribution in [1.29, 1.82) is 0 Å². The normalized spacial score (nSPS) is 12.1. The molecule has 0 saturated heterocycles. The van der Waals surface area contributed by atoms with Crippen molar-refractivity contribution in [2.24, 2.45) is 0 Å². The van der Waals surface area contributed by atoms with Gasteiger partial charge >= 0.3 is 0 Å². The van der Waals surface area contributed by atoms with E-state index in [0.29, 0.717) is 17.4 Å². The third-order valence-electron chi connectivity index (χ3n) is 6.16. The topological polar surface area (TPSA) is 65.6 Å². The third kappa shape index (κ3) is 5.58. The van der Waals surface area contributed by atoms with Gasteiger partial charge < -0.3 is 25.2 Å². The quantitative estimate of drug-likeness (QED) is 0.358. The number of anilines is 4. The molecular weight excluding hydrogens is 448 g/mol. The Morgan fingerprint density at radius 2 is 1.92 bits per heavy atom. The number of aromatic nitrogens is 2. The zero-order valence-corrected chi connectivity index (χ0v) is 21.5. The van der Waals surface area contributed by atoms with Crippen LogP contribution < -0.4 is 20.3 Å². The highest BCUT2D eigenvalue weighted by Gasteiger charge is 2.18. The fourth-order valence-electron chi connectivity index (χ4n) is 4.16. The van der Waals surface area contributed by atoms with Crippen molar-refractivity contribution in [1.82, 2.24) is 14.9 Å². The fraction of sp³-hybridized carbons (Fsp3) is 0.241. The number of rotatable bonds is 11. The van der Waals surface area contributed by atoms with Gasteiger partial charge in [0, 0.05) is 43.7 Å². The number of allylic oxidation sites excluding steroid dienone is 2. The van der Waals surface area contributed by atoms with Gasteiger partial charge in [-0.25, -0.2) is 9.97 Å². The van der Waals surface area contributed by atoms with Gasteiger partial charge in [0.2, 0.25) is 5.95 Å². The van der Waals surface area contributed by atoms with Gasteiger partial charge in [-0.1, -0.05) is 43.5 Å². The van der Waals surface area contributed by atoms with Gasteiger partial charge in [0.15, 0.2) is 0 Å². The van der Waals surface area contributed by atoms with Crippen LogP contribution >= 0.6 is 0 Å². The Bertz CT molecular complexity index is 1300. The average molecular weight is 483 g/mol. The van der Waals surface area contributed by atoms with Crippen LogP contribution in [-0.2, 0) is 6.42 Å². The Hall–Kier alpha value is -4.10. The summed E-state index contributed by atoms with van der Waals surface area (Å²) in [5.74, 6) is 1.19. The van der Waals surface area contributed by atoms with Crippen LogP contribution in [0.2, 0.25) is 0 Å². The zero-order chi connectivity index (χ0) is 25.7. The summed E-state index contributed by atoms with van der Waals surface area (Å²) < 4.78 is 5.76. The Morgan fingerprint density at radius 3 is 2.67 bits per heavy atom. The van der Waals surface area contributed by atoms with Crippen LogP contribution in [0.1, 0.15) is 16.8 Å². The standard InChI is InChI=1S/C29H34N6O/c1-7-20(2)31-25-18-26(28(36-6)19-27(25)35(5)17-16-34(3)4)33-29-30-15-14-24(32-29)23-13-12-21-10-8-9-11-22(21)23/h7-11,13-15,18-19,31H,1-2,12,16-17H2,3-6H3,(H,30,32,33). The Labute approximate surface area is 213 Å². The molecule has 7 heteroatoms. The van der Waals surface area contributed by atoms with E-state index >= 15 is 0 Å². The molecule has 0 aliphatic heterocycles. The molecular formula is C29H34N6O. The van der Waals surface area contributed by atoms with Crippen molar-refractivity contribution >= 4 is 28.6 Å². The maximum atomic E-state index is 5.76. The molecule has 36 heavy (non-hydrogen) atoms. The van der Waals surface area contributed by atoms with Gasteiger partial charge in [0.05, 0.1) is 29.9 Å². The largest absolute Gasteiger partial charge is 0.494 e. The first-order valence-electron chi connectivity index (χ1n) is 11.9. The van der Waals surface area contributed by atoms with Crippen LogP contribution in [0.5, 0.6) is 5.75 Å². The van der Waals surface area contributed by atoms with Crippen molar-refractivity contribution in [3.8, 4) is 5.75 Å². The molecule has 1 aliphatic rings. The summed E-state index contributed by atoms with van der Waals surface area (Å²) in [4.78, 5) is 13.6. The summed E-state index contributed by atoms with van der Waals surface area (Å²) in [5.41, 5.74) is 7.88. The minimum atomic E-state index is 0.498. The van der Waals surface area contributed by atoms with E-state index < -0.39 is 0 Å². The molecule has 0 fully saturated rings. The van der Waals surface area contributed by atoms with E-state index in [4.69, 9.17) is 9.72 Å². The summed E-state index contributed by atoms with van der Waals surface area (Å²) in [5, 5.41) is 6.72. The first-order chi connectivity index (χ1) is 17.4. The molecule has 0 bridgehead atoms. The van der Waals surface area contributed by atoms with Crippen LogP contribution in [0.25, 0.3) is 5.57 Å². The highest BCUT2D eigenvalue weighted by atomic mass is 16.5. The predicted molar refractivity (Wildman–Crippen MR) is 150 cm³/mol. The van der Waals surface area contributed by atoms with Gasteiger partial charge in [-0.2, -0.15) is 0 Å². The second-order valence-electron chi connectivity index (χ2n) is 9.02. The van der Waals surface area contributed by atoms with Gasteiger partial charge in [-0.15, -0.1) is 0 Å². The van der Waals surface area contributed by atoms with Gasteiger partial charge in [-0.3, -0.25) is 0 Å². The second kappa shape index (κ2) is 11.1. The number of likely N-dealkylation sites (N-methyl/N-ethyl adjacent to an activating group) is 2. The average Bonchev–Trinajstić information content (AvgIpc) is 3.32. The van der Waals surface area contributed by atoms with Crippen molar-refractivity contribution in [2.45, 2.75) is 6.42 Å². The molecule has 7 nitrogen and oxygen atoms in total. The Morgan fingerprint density at radius 1 is 1.11 bits per heavy atom. The molecule has 0 atom stereocenters. The fourth-order valence-corrected chi connectivity index (χ4v) is 4.16. The SMILES string of the molecule is C=CC(=C)Nc1cc(Nc2nccc(C3=CCc4ccccc43)n2)c(OC)cc1N(C)CCN(C)C. The van der Waals surface area contributed by atoms with Gasteiger partial charge in [-0.05, 0) is 49.9 Å². The number of hydrogen-bond donors (Lipinski definition) is 2. The van der Waals surface area contributed by atoms with Crippen LogP contribution in [0.3, 0.4) is 0 Å². The van der Waals surface area contributed by atoms with Crippen LogP contribution in [0.4, 0.5) is 23.0 Å². The van der Waals surface area contributed by atoms with E-state index in [1.807, 2.05) is 18.2 Å². The van der Waals surface area contributed by atoms with E-state index in [1.165, 1.54) is 11.1 Å². The van der Waals surface area contributed by atoms with Crippen molar-refractivity contribution in [3.05, 3.63) is 96.5 Å². The number of nitrogens with one attached hydrogen (secondary N) is 2. The lowest BCUT2D eigenvalue weighted by Crippen LogP contribution is -2.29. The number of nitrogens with zero attached hydrogens (tertiary/aromatic N) is 4. The Balaban J connectivity index is 1.66. The molecule has 0 amide bonds. The van der Waals surface area contributed by atoms with Crippen molar-refractivity contribution in [3.63, 3.8) is 0 Å². The minimum Gasteiger partial charge on any atom is -0.494 e. The lowest BCUT2D eigenvalue weighted by Gasteiger charge is -2.26. The molecule has 4 rings (SSSR count). The molecule has 0 radical (unpaired) electrons. The van der Waals surface area contributed by atoms with E-state index in [2.05, 4.69) is 90.1 Å². The number of benzene rings is 2. The molecule has 2 N–H and O–H groups in total. The van der Waals surface area contributed by atoms with Gasteiger partial charge in [0.1, 0.15) is 5.75 Å². The number of ether oxygens (including phenoxy) is 1. The first-order valence-corrected chi connectivity index (χ1v) is 11.9. The summed E-state index contributed by atoms with van der Waals surface area (Å²) in [6.07, 6.45) is 6.61. The van der Waals surface area contributed by atoms with E-state index in [1.54, 1.807) is 19.4 Å². The molecule has 0 unspecified atom stereocenters. The maximum absolute atomic E-state index is 5.76. The second-order valence-corrected chi connectivity index (χ2v) is 9.02. The highest BCUT2D eigenvalue weighted by molar-refractivity contribution is 5.84. The summed E-state index contributed by atoms with van der Waals surface area (Å²) >= 11 is 0. The highest BCUT2D eigenvalue weighted by Crippen LogP contribution is 2.39. The van der Waals surface area contributed by atoms with Crippen LogP contribution in [0.15, 0.2) is 79.7 Å². The number of hydrogen-bond acceptors (Lipinski definition) is 7. The molecule has 1 heterocycles. The smallest absolute Gasteiger partial charge is 0.227 e. The predicted octanol–water partition coefficient (Wildman–Crippen LogP) is 5.33. The van der Waals surface area contributed by atoms with Crippen LogP contribution in [-0.4, -0.2) is 56.2 Å². The first kappa shape index (κ1) is 25.0. The molecule has 0 spiro atoms. The molecule has 186 valence electrons. The molecule has 3 aromatic rings. The molecule has 2 aromatic carbocycles. The molecule has 0 saturated carbocycles. The van der Waals surface area contributed by atoms with E-state index in [0.717, 1.165) is 47.8 Å². The summed E-state index contributed by atoms with van der Waals surface area (Å²) in [6.45, 7) is 9.63. The number of fused-ring (bicyclic) bond motifs is 1.